The second kappa shape index (κ2) is 9.41. The lowest BCUT2D eigenvalue weighted by Crippen LogP contribution is -2.35. The highest BCUT2D eigenvalue weighted by molar-refractivity contribution is 6.42. The van der Waals surface area contributed by atoms with E-state index in [1.807, 2.05) is 51.1 Å². The van der Waals surface area contributed by atoms with E-state index in [1.165, 1.54) is 0 Å². The van der Waals surface area contributed by atoms with Crippen molar-refractivity contribution in [3.05, 3.63) is 64.6 Å². The average molecular weight is 485 g/mol. The van der Waals surface area contributed by atoms with Gasteiger partial charge in [0.05, 0.1) is 21.2 Å². The van der Waals surface area contributed by atoms with E-state index in [2.05, 4.69) is 33.1 Å². The Kier molecular flexibility index (Phi) is 6.58. The van der Waals surface area contributed by atoms with E-state index < -0.39 is 11.7 Å². The van der Waals surface area contributed by atoms with Crippen LogP contribution in [0.3, 0.4) is 0 Å². The summed E-state index contributed by atoms with van der Waals surface area (Å²) in [5.74, 6) is 0. The first-order chi connectivity index (χ1) is 15.7. The summed E-state index contributed by atoms with van der Waals surface area (Å²) in [6.07, 6.45) is -0.421. The molecule has 6 nitrogen and oxygen atoms in total. The summed E-state index contributed by atoms with van der Waals surface area (Å²) in [5.41, 5.74) is 4.31. The molecule has 8 heteroatoms. The summed E-state index contributed by atoms with van der Waals surface area (Å²) < 4.78 is 5.26. The van der Waals surface area contributed by atoms with Gasteiger partial charge in [-0.25, -0.2) is 4.79 Å². The van der Waals surface area contributed by atoms with Gasteiger partial charge in [0, 0.05) is 40.8 Å². The maximum absolute atomic E-state index is 11.8. The molecule has 3 aromatic carbocycles. The first kappa shape index (κ1) is 23.1. The summed E-state index contributed by atoms with van der Waals surface area (Å²) in [6, 6.07) is 17.7. The minimum absolute atomic E-state index is 0.421. The van der Waals surface area contributed by atoms with Crippen molar-refractivity contribution in [2.45, 2.75) is 26.4 Å². The number of benzene rings is 3. The number of amides is 1. The van der Waals surface area contributed by atoms with Crippen LogP contribution in [0.5, 0.6) is 0 Å². The average Bonchev–Trinajstić information content (AvgIpc) is 3.11. The number of anilines is 3. The van der Waals surface area contributed by atoms with Crippen LogP contribution in [0.15, 0.2) is 54.6 Å². The van der Waals surface area contributed by atoms with Crippen LogP contribution in [0.4, 0.5) is 21.9 Å². The van der Waals surface area contributed by atoms with Crippen LogP contribution in [-0.2, 0) is 4.74 Å². The number of H-pyrrole nitrogens is 1. The second-order valence-corrected chi connectivity index (χ2v) is 9.54. The van der Waals surface area contributed by atoms with Crippen molar-refractivity contribution in [3.63, 3.8) is 0 Å². The van der Waals surface area contributed by atoms with Crippen LogP contribution >= 0.6 is 23.2 Å². The van der Waals surface area contributed by atoms with Gasteiger partial charge >= 0.3 is 6.09 Å². The van der Waals surface area contributed by atoms with Gasteiger partial charge < -0.3 is 25.7 Å². The third-order valence-corrected chi connectivity index (χ3v) is 5.69. The fourth-order valence-corrected chi connectivity index (χ4v) is 3.86. The zero-order chi connectivity index (χ0) is 23.6. The number of aromatic amines is 1. The van der Waals surface area contributed by atoms with Crippen molar-refractivity contribution in [2.75, 3.05) is 23.7 Å². The number of ether oxygens (including phenoxy) is 1. The number of alkyl carbamates (subject to hydrolysis) is 1. The van der Waals surface area contributed by atoms with Gasteiger partial charge in [0.15, 0.2) is 0 Å². The highest BCUT2D eigenvalue weighted by Gasteiger charge is 2.15. The molecular formula is C25H26Cl2N4O2. The standard InChI is InChI=1S/C25H26Cl2N4O2/c1-25(2,3)33-24(32)29-12-11-28-22-6-4-5-17-18-13-15(8-10-21(18)31-23(17)22)30-16-7-9-19(26)20(27)14-16/h4-10,13-14,28,30-31H,11-12H2,1-3H3,(H,29,32). The van der Waals surface area contributed by atoms with Gasteiger partial charge in [-0.1, -0.05) is 35.3 Å². The van der Waals surface area contributed by atoms with Crippen LogP contribution in [0, 0.1) is 0 Å². The quantitative estimate of drug-likeness (QED) is 0.216. The lowest BCUT2D eigenvalue weighted by molar-refractivity contribution is 0.0530. The predicted molar refractivity (Wildman–Crippen MR) is 138 cm³/mol. The van der Waals surface area contributed by atoms with E-state index in [9.17, 15) is 4.79 Å². The third-order valence-electron chi connectivity index (χ3n) is 4.95. The number of rotatable bonds is 6. The summed E-state index contributed by atoms with van der Waals surface area (Å²) in [5, 5.41) is 12.8. The van der Waals surface area contributed by atoms with Crippen LogP contribution in [0.1, 0.15) is 20.8 Å². The van der Waals surface area contributed by atoms with E-state index in [1.54, 1.807) is 12.1 Å². The third kappa shape index (κ3) is 5.64. The van der Waals surface area contributed by atoms with Gasteiger partial charge in [-0.05, 0) is 63.2 Å². The van der Waals surface area contributed by atoms with Gasteiger partial charge in [0.2, 0.25) is 0 Å². The molecule has 0 fully saturated rings. The Bertz CT molecular complexity index is 1310. The molecule has 0 saturated carbocycles. The number of nitrogens with one attached hydrogen (secondary N) is 4. The topological polar surface area (TPSA) is 78.2 Å². The molecule has 0 aliphatic rings. The summed E-state index contributed by atoms with van der Waals surface area (Å²) in [7, 11) is 0. The molecule has 4 N–H and O–H groups in total. The highest BCUT2D eigenvalue weighted by Crippen LogP contribution is 2.33. The number of carbonyl (C=O) groups is 1. The largest absolute Gasteiger partial charge is 0.444 e. The Morgan fingerprint density at radius 3 is 2.45 bits per heavy atom. The number of hydrogen-bond acceptors (Lipinski definition) is 4. The molecule has 4 rings (SSSR count). The first-order valence-corrected chi connectivity index (χ1v) is 11.4. The number of aromatic nitrogens is 1. The Morgan fingerprint density at radius 1 is 0.939 bits per heavy atom. The second-order valence-electron chi connectivity index (χ2n) is 8.72. The number of halogens is 2. The molecule has 4 aromatic rings. The Hall–Kier alpha value is -3.09. The number of fused-ring (bicyclic) bond motifs is 3. The van der Waals surface area contributed by atoms with Crippen molar-refractivity contribution < 1.29 is 9.53 Å². The van der Waals surface area contributed by atoms with Crippen molar-refractivity contribution >= 4 is 68.2 Å². The minimum atomic E-state index is -0.513. The van der Waals surface area contributed by atoms with Gasteiger partial charge in [-0.2, -0.15) is 0 Å². The molecule has 0 unspecified atom stereocenters. The minimum Gasteiger partial charge on any atom is -0.444 e. The van der Waals surface area contributed by atoms with Crippen molar-refractivity contribution in [2.24, 2.45) is 0 Å². The number of hydrogen-bond donors (Lipinski definition) is 4. The van der Waals surface area contributed by atoms with E-state index in [-0.39, 0.29) is 0 Å². The molecule has 0 atom stereocenters. The predicted octanol–water partition coefficient (Wildman–Crippen LogP) is 7.31. The SMILES string of the molecule is CC(C)(C)OC(=O)NCCNc1cccc2c1[nH]c1ccc(Nc3ccc(Cl)c(Cl)c3)cc12. The highest BCUT2D eigenvalue weighted by atomic mass is 35.5. The smallest absolute Gasteiger partial charge is 0.407 e. The lowest BCUT2D eigenvalue weighted by atomic mass is 10.1. The Labute approximate surface area is 202 Å². The molecule has 172 valence electrons. The molecule has 0 aliphatic heterocycles. The van der Waals surface area contributed by atoms with Crippen LogP contribution < -0.4 is 16.0 Å². The van der Waals surface area contributed by atoms with Crippen molar-refractivity contribution in [1.29, 1.82) is 0 Å². The van der Waals surface area contributed by atoms with E-state index >= 15 is 0 Å². The fourth-order valence-electron chi connectivity index (χ4n) is 3.56. The number of carbonyl (C=O) groups excluding carboxylic acids is 1. The van der Waals surface area contributed by atoms with Gasteiger partial charge in [0.25, 0.3) is 0 Å². The Balaban J connectivity index is 1.49. The monoisotopic (exact) mass is 484 g/mol. The van der Waals surface area contributed by atoms with Gasteiger partial charge in [-0.3, -0.25) is 0 Å². The molecule has 0 saturated heterocycles. The number of para-hydroxylation sites is 1. The van der Waals surface area contributed by atoms with Crippen molar-refractivity contribution in [1.82, 2.24) is 10.3 Å². The summed E-state index contributed by atoms with van der Waals surface area (Å²) >= 11 is 12.2. The molecule has 33 heavy (non-hydrogen) atoms. The zero-order valence-corrected chi connectivity index (χ0v) is 20.2. The van der Waals surface area contributed by atoms with Gasteiger partial charge in [0.1, 0.15) is 5.60 Å². The molecule has 1 amide bonds. The normalized spacial score (nSPS) is 11.5. The van der Waals surface area contributed by atoms with E-state index in [0.717, 1.165) is 38.9 Å². The maximum atomic E-state index is 11.8. The maximum Gasteiger partial charge on any atom is 0.407 e. The molecule has 0 radical (unpaired) electrons. The molecule has 1 aromatic heterocycles. The molecule has 0 spiro atoms. The van der Waals surface area contributed by atoms with E-state index in [4.69, 9.17) is 27.9 Å². The van der Waals surface area contributed by atoms with E-state index in [0.29, 0.717) is 23.1 Å². The lowest BCUT2D eigenvalue weighted by Gasteiger charge is -2.19. The first-order valence-electron chi connectivity index (χ1n) is 10.7. The molecule has 1 heterocycles. The van der Waals surface area contributed by atoms with Gasteiger partial charge in [-0.15, -0.1) is 0 Å². The Morgan fingerprint density at radius 2 is 1.70 bits per heavy atom. The zero-order valence-electron chi connectivity index (χ0n) is 18.7. The van der Waals surface area contributed by atoms with Crippen LogP contribution in [-0.4, -0.2) is 29.8 Å². The van der Waals surface area contributed by atoms with Crippen LogP contribution in [0.25, 0.3) is 21.8 Å². The fraction of sp³-hybridized carbons (Fsp3) is 0.240. The molecule has 0 aliphatic carbocycles. The van der Waals surface area contributed by atoms with Crippen molar-refractivity contribution in [3.8, 4) is 0 Å². The van der Waals surface area contributed by atoms with Crippen LogP contribution in [0.2, 0.25) is 10.0 Å². The molecule has 0 bridgehead atoms. The summed E-state index contributed by atoms with van der Waals surface area (Å²) in [4.78, 5) is 15.3. The molecular weight excluding hydrogens is 459 g/mol. The summed E-state index contributed by atoms with van der Waals surface area (Å²) in [6.45, 7) is 6.54.